The standard InChI is InChI=1S/C16H20N2O/c1-2-13-6-7-16(19)18(9-8-13)12-15-5-3-4-14(10-15)11-17/h3-5,10,13H,2,6-9,12H2,1H3. The van der Waals surface area contributed by atoms with Crippen molar-refractivity contribution in [1.82, 2.24) is 4.90 Å². The molecular weight excluding hydrogens is 236 g/mol. The van der Waals surface area contributed by atoms with Crippen molar-refractivity contribution in [1.29, 1.82) is 5.26 Å². The molecule has 19 heavy (non-hydrogen) atoms. The molecule has 0 aromatic heterocycles. The first kappa shape index (κ1) is 13.6. The van der Waals surface area contributed by atoms with Crippen LogP contribution in [0.4, 0.5) is 0 Å². The highest BCUT2D eigenvalue weighted by Gasteiger charge is 2.21. The van der Waals surface area contributed by atoms with Crippen LogP contribution in [0.25, 0.3) is 0 Å². The average Bonchev–Trinajstić information content (AvgIpc) is 2.62. The van der Waals surface area contributed by atoms with Crippen LogP contribution in [-0.2, 0) is 11.3 Å². The Bertz CT molecular complexity index is 490. The van der Waals surface area contributed by atoms with E-state index in [4.69, 9.17) is 5.26 Å². The van der Waals surface area contributed by atoms with E-state index < -0.39 is 0 Å². The van der Waals surface area contributed by atoms with Gasteiger partial charge in [0.1, 0.15) is 0 Å². The average molecular weight is 256 g/mol. The van der Waals surface area contributed by atoms with E-state index in [9.17, 15) is 4.79 Å². The molecular formula is C16H20N2O. The van der Waals surface area contributed by atoms with Gasteiger partial charge in [0.15, 0.2) is 0 Å². The number of nitriles is 1. The van der Waals surface area contributed by atoms with Gasteiger partial charge in [-0.1, -0.05) is 25.5 Å². The molecule has 1 unspecified atom stereocenters. The van der Waals surface area contributed by atoms with E-state index >= 15 is 0 Å². The second-order valence-electron chi connectivity index (χ2n) is 5.23. The number of nitrogens with zero attached hydrogens (tertiary/aromatic N) is 2. The summed E-state index contributed by atoms with van der Waals surface area (Å²) in [6, 6.07) is 9.67. The molecule has 3 heteroatoms. The van der Waals surface area contributed by atoms with E-state index in [0.29, 0.717) is 24.4 Å². The van der Waals surface area contributed by atoms with Crippen molar-refractivity contribution >= 4 is 5.91 Å². The fourth-order valence-electron chi connectivity index (χ4n) is 2.63. The quantitative estimate of drug-likeness (QED) is 0.834. The van der Waals surface area contributed by atoms with Gasteiger partial charge < -0.3 is 4.90 Å². The summed E-state index contributed by atoms with van der Waals surface area (Å²) in [7, 11) is 0. The maximum absolute atomic E-state index is 12.1. The summed E-state index contributed by atoms with van der Waals surface area (Å²) in [5, 5.41) is 8.90. The Hall–Kier alpha value is -1.82. The van der Waals surface area contributed by atoms with Crippen LogP contribution in [0.2, 0.25) is 0 Å². The van der Waals surface area contributed by atoms with Gasteiger partial charge in [-0.25, -0.2) is 0 Å². The first-order valence-corrected chi connectivity index (χ1v) is 6.99. The van der Waals surface area contributed by atoms with Gasteiger partial charge in [0.25, 0.3) is 0 Å². The third kappa shape index (κ3) is 3.57. The van der Waals surface area contributed by atoms with Gasteiger partial charge in [-0.15, -0.1) is 0 Å². The number of hydrogen-bond acceptors (Lipinski definition) is 2. The molecule has 1 aliphatic heterocycles. The Morgan fingerprint density at radius 1 is 1.42 bits per heavy atom. The van der Waals surface area contributed by atoms with Gasteiger partial charge in [-0.05, 0) is 36.5 Å². The van der Waals surface area contributed by atoms with Gasteiger partial charge in [0, 0.05) is 19.5 Å². The highest BCUT2D eigenvalue weighted by Crippen LogP contribution is 2.22. The van der Waals surface area contributed by atoms with Crippen LogP contribution in [0.5, 0.6) is 0 Å². The SMILES string of the molecule is CCC1CCC(=O)N(Cc2cccc(C#N)c2)CC1. The summed E-state index contributed by atoms with van der Waals surface area (Å²) in [5.74, 6) is 0.928. The number of carbonyl (C=O) groups is 1. The van der Waals surface area contributed by atoms with Crippen molar-refractivity contribution in [3.8, 4) is 6.07 Å². The maximum atomic E-state index is 12.1. The third-order valence-electron chi connectivity index (χ3n) is 3.93. The number of likely N-dealkylation sites (tertiary alicyclic amines) is 1. The van der Waals surface area contributed by atoms with E-state index in [2.05, 4.69) is 13.0 Å². The molecule has 3 nitrogen and oxygen atoms in total. The molecule has 0 radical (unpaired) electrons. The topological polar surface area (TPSA) is 44.1 Å². The minimum Gasteiger partial charge on any atom is -0.338 e. The number of carbonyl (C=O) groups excluding carboxylic acids is 1. The minimum atomic E-state index is 0.248. The third-order valence-corrected chi connectivity index (χ3v) is 3.93. The van der Waals surface area contributed by atoms with Gasteiger partial charge in [-0.3, -0.25) is 4.79 Å². The summed E-state index contributed by atoms with van der Waals surface area (Å²) >= 11 is 0. The monoisotopic (exact) mass is 256 g/mol. The predicted molar refractivity (Wildman–Crippen MR) is 74.2 cm³/mol. The molecule has 1 amide bonds. The molecule has 1 fully saturated rings. The molecule has 2 rings (SSSR count). The largest absolute Gasteiger partial charge is 0.338 e. The summed E-state index contributed by atoms with van der Waals surface area (Å²) in [6.45, 7) is 3.67. The van der Waals surface area contributed by atoms with Crippen LogP contribution in [0.15, 0.2) is 24.3 Å². The summed E-state index contributed by atoms with van der Waals surface area (Å²) in [6.07, 6.45) is 3.94. The number of benzene rings is 1. The smallest absolute Gasteiger partial charge is 0.222 e. The highest BCUT2D eigenvalue weighted by molar-refractivity contribution is 5.76. The molecule has 1 aromatic carbocycles. The fourth-order valence-corrected chi connectivity index (χ4v) is 2.63. The summed E-state index contributed by atoms with van der Waals surface area (Å²) < 4.78 is 0. The zero-order chi connectivity index (χ0) is 13.7. The van der Waals surface area contributed by atoms with Crippen molar-refractivity contribution in [2.75, 3.05) is 6.54 Å². The van der Waals surface area contributed by atoms with Crippen molar-refractivity contribution in [3.63, 3.8) is 0 Å². The Morgan fingerprint density at radius 3 is 3.00 bits per heavy atom. The van der Waals surface area contributed by atoms with E-state index in [0.717, 1.165) is 31.4 Å². The molecule has 0 aliphatic carbocycles. The van der Waals surface area contributed by atoms with Crippen LogP contribution in [0.1, 0.15) is 43.7 Å². The molecule has 1 heterocycles. The zero-order valence-electron chi connectivity index (χ0n) is 11.4. The van der Waals surface area contributed by atoms with Crippen molar-refractivity contribution in [3.05, 3.63) is 35.4 Å². The zero-order valence-corrected chi connectivity index (χ0v) is 11.4. The normalized spacial score (nSPS) is 19.9. The second-order valence-corrected chi connectivity index (χ2v) is 5.23. The predicted octanol–water partition coefficient (Wildman–Crippen LogP) is 3.10. The molecule has 1 aromatic rings. The summed E-state index contributed by atoms with van der Waals surface area (Å²) in [5.41, 5.74) is 1.70. The molecule has 0 spiro atoms. The van der Waals surface area contributed by atoms with Crippen LogP contribution < -0.4 is 0 Å². The first-order chi connectivity index (χ1) is 9.22. The number of hydrogen-bond donors (Lipinski definition) is 0. The van der Waals surface area contributed by atoms with Gasteiger partial charge >= 0.3 is 0 Å². The van der Waals surface area contributed by atoms with Crippen molar-refractivity contribution in [2.45, 2.75) is 39.2 Å². The van der Waals surface area contributed by atoms with E-state index in [1.807, 2.05) is 23.1 Å². The molecule has 0 saturated carbocycles. The molecule has 1 aliphatic rings. The van der Waals surface area contributed by atoms with Crippen molar-refractivity contribution in [2.24, 2.45) is 5.92 Å². The lowest BCUT2D eigenvalue weighted by Gasteiger charge is -2.21. The molecule has 1 saturated heterocycles. The molecule has 0 N–H and O–H groups in total. The molecule has 1 atom stereocenters. The Balaban J connectivity index is 2.05. The van der Waals surface area contributed by atoms with Crippen LogP contribution in [0, 0.1) is 17.2 Å². The summed E-state index contributed by atoms with van der Waals surface area (Å²) in [4.78, 5) is 14.0. The highest BCUT2D eigenvalue weighted by atomic mass is 16.2. The Kier molecular flexibility index (Phi) is 4.57. The number of rotatable bonds is 3. The van der Waals surface area contributed by atoms with E-state index in [1.54, 1.807) is 6.07 Å². The minimum absolute atomic E-state index is 0.248. The lowest BCUT2D eigenvalue weighted by atomic mass is 9.98. The molecule has 0 bridgehead atoms. The van der Waals surface area contributed by atoms with Crippen LogP contribution >= 0.6 is 0 Å². The van der Waals surface area contributed by atoms with Crippen molar-refractivity contribution < 1.29 is 4.79 Å². The Labute approximate surface area is 114 Å². The van der Waals surface area contributed by atoms with Gasteiger partial charge in [0.05, 0.1) is 11.6 Å². The van der Waals surface area contributed by atoms with E-state index in [-0.39, 0.29) is 5.91 Å². The second kappa shape index (κ2) is 6.38. The van der Waals surface area contributed by atoms with Gasteiger partial charge in [0.2, 0.25) is 5.91 Å². The van der Waals surface area contributed by atoms with Gasteiger partial charge in [-0.2, -0.15) is 5.26 Å². The van der Waals surface area contributed by atoms with E-state index in [1.165, 1.54) is 0 Å². The van der Waals surface area contributed by atoms with Crippen LogP contribution in [0.3, 0.4) is 0 Å². The maximum Gasteiger partial charge on any atom is 0.222 e. The lowest BCUT2D eigenvalue weighted by molar-refractivity contribution is -0.131. The molecule has 100 valence electrons. The first-order valence-electron chi connectivity index (χ1n) is 6.99. The van der Waals surface area contributed by atoms with Crippen LogP contribution in [-0.4, -0.2) is 17.4 Å². The number of amides is 1. The Morgan fingerprint density at radius 2 is 2.26 bits per heavy atom. The lowest BCUT2D eigenvalue weighted by Crippen LogP contribution is -2.29. The fraction of sp³-hybridized carbons (Fsp3) is 0.500.